The van der Waals surface area contributed by atoms with Gasteiger partial charge in [0.1, 0.15) is 5.75 Å². The van der Waals surface area contributed by atoms with Crippen LogP contribution in [0.25, 0.3) is 16.5 Å². The quantitative estimate of drug-likeness (QED) is 0.550. The fraction of sp³-hybridized carbons (Fsp3) is 0.105. The Hall–Kier alpha value is -3.61. The molecule has 3 aromatic rings. The maximum atomic E-state index is 13.0. The van der Waals surface area contributed by atoms with E-state index in [0.29, 0.717) is 28.8 Å². The lowest BCUT2D eigenvalue weighted by atomic mass is 10.1. The fourth-order valence-corrected chi connectivity index (χ4v) is 2.75. The first-order valence-corrected chi connectivity index (χ1v) is 8.03. The molecule has 7 heteroatoms. The SMILES string of the molecule is CCOc1ccccc1-n1cc(C(=O)N=C(N)N)c2ccccc2c1=O. The molecule has 4 N–H and O–H groups in total. The highest BCUT2D eigenvalue weighted by Crippen LogP contribution is 2.24. The number of para-hydroxylation sites is 2. The summed E-state index contributed by atoms with van der Waals surface area (Å²) in [7, 11) is 0. The molecule has 1 aromatic heterocycles. The lowest BCUT2D eigenvalue weighted by Crippen LogP contribution is -2.25. The molecule has 0 saturated heterocycles. The molecule has 2 aromatic carbocycles. The number of rotatable bonds is 4. The summed E-state index contributed by atoms with van der Waals surface area (Å²) in [5.41, 5.74) is 11.2. The van der Waals surface area contributed by atoms with Crippen LogP contribution in [-0.4, -0.2) is 23.0 Å². The lowest BCUT2D eigenvalue weighted by molar-refractivity contribution is 0.100. The number of guanidine groups is 1. The fourth-order valence-electron chi connectivity index (χ4n) is 2.75. The third-order valence-corrected chi connectivity index (χ3v) is 3.81. The standard InChI is InChI=1S/C19H18N4O3/c1-2-26-16-10-6-5-9-15(16)23-11-14(17(24)22-19(20)21)12-7-3-4-8-13(12)18(23)25/h3-11H,2H2,1H3,(H4,20,21,22,24). The summed E-state index contributed by atoms with van der Waals surface area (Å²) in [4.78, 5) is 29.1. The number of amides is 1. The number of hydrogen-bond acceptors (Lipinski definition) is 3. The second-order valence-electron chi connectivity index (χ2n) is 5.51. The number of carbonyl (C=O) groups is 1. The first kappa shape index (κ1) is 17.2. The van der Waals surface area contributed by atoms with Crippen molar-refractivity contribution in [1.82, 2.24) is 4.57 Å². The lowest BCUT2D eigenvalue weighted by Gasteiger charge is -2.14. The third kappa shape index (κ3) is 3.14. The number of aromatic nitrogens is 1. The number of nitrogens with zero attached hydrogens (tertiary/aromatic N) is 2. The van der Waals surface area contributed by atoms with Gasteiger partial charge in [0.05, 0.1) is 17.9 Å². The van der Waals surface area contributed by atoms with Crippen molar-refractivity contribution in [3.63, 3.8) is 0 Å². The summed E-state index contributed by atoms with van der Waals surface area (Å²) in [6.45, 7) is 2.30. The second-order valence-corrected chi connectivity index (χ2v) is 5.51. The first-order valence-electron chi connectivity index (χ1n) is 8.03. The minimum atomic E-state index is -0.621. The van der Waals surface area contributed by atoms with Gasteiger partial charge in [0, 0.05) is 17.0 Å². The number of ether oxygens (including phenoxy) is 1. The smallest absolute Gasteiger partial charge is 0.282 e. The zero-order valence-electron chi connectivity index (χ0n) is 14.2. The number of carbonyl (C=O) groups excluding carboxylic acids is 1. The van der Waals surface area contributed by atoms with Gasteiger partial charge in [0.25, 0.3) is 11.5 Å². The molecule has 0 aliphatic rings. The Kier molecular flexibility index (Phi) is 4.70. The molecule has 0 spiro atoms. The highest BCUT2D eigenvalue weighted by molar-refractivity contribution is 6.10. The highest BCUT2D eigenvalue weighted by atomic mass is 16.5. The predicted molar refractivity (Wildman–Crippen MR) is 101 cm³/mol. The van der Waals surface area contributed by atoms with Gasteiger partial charge in [-0.15, -0.1) is 0 Å². The second kappa shape index (κ2) is 7.10. The van der Waals surface area contributed by atoms with Crippen molar-refractivity contribution in [2.75, 3.05) is 6.61 Å². The van der Waals surface area contributed by atoms with E-state index in [4.69, 9.17) is 16.2 Å². The van der Waals surface area contributed by atoms with Gasteiger partial charge in [-0.3, -0.25) is 14.2 Å². The van der Waals surface area contributed by atoms with Crippen molar-refractivity contribution < 1.29 is 9.53 Å². The molecule has 0 radical (unpaired) electrons. The molecule has 1 heterocycles. The van der Waals surface area contributed by atoms with Crippen molar-refractivity contribution in [2.24, 2.45) is 16.5 Å². The van der Waals surface area contributed by atoms with Crippen molar-refractivity contribution in [3.05, 3.63) is 70.6 Å². The van der Waals surface area contributed by atoms with Crippen molar-refractivity contribution in [1.29, 1.82) is 0 Å². The van der Waals surface area contributed by atoms with Crippen molar-refractivity contribution in [3.8, 4) is 11.4 Å². The molecule has 3 rings (SSSR count). The van der Waals surface area contributed by atoms with Gasteiger partial charge in [0.15, 0.2) is 5.96 Å². The van der Waals surface area contributed by atoms with Crippen LogP contribution in [0.2, 0.25) is 0 Å². The molecule has 7 nitrogen and oxygen atoms in total. The van der Waals surface area contributed by atoms with Crippen molar-refractivity contribution >= 4 is 22.6 Å². The summed E-state index contributed by atoms with van der Waals surface area (Å²) in [5, 5.41) is 0.869. The number of pyridine rings is 1. The normalized spacial score (nSPS) is 10.5. The third-order valence-electron chi connectivity index (χ3n) is 3.81. The molecule has 0 bridgehead atoms. The van der Waals surface area contributed by atoms with E-state index in [0.717, 1.165) is 0 Å². The average molecular weight is 350 g/mol. The minimum absolute atomic E-state index is 0.222. The van der Waals surface area contributed by atoms with Crippen molar-refractivity contribution in [2.45, 2.75) is 6.92 Å². The molecule has 0 saturated carbocycles. The molecule has 0 aliphatic carbocycles. The largest absolute Gasteiger partial charge is 0.492 e. The Morgan fingerprint density at radius 2 is 1.73 bits per heavy atom. The van der Waals surface area contributed by atoms with E-state index in [2.05, 4.69) is 4.99 Å². The Morgan fingerprint density at radius 1 is 1.08 bits per heavy atom. The molecule has 0 unspecified atom stereocenters. The Balaban J connectivity index is 2.35. The van der Waals surface area contributed by atoms with E-state index in [9.17, 15) is 9.59 Å². The van der Waals surface area contributed by atoms with E-state index in [1.807, 2.05) is 13.0 Å². The van der Waals surface area contributed by atoms with E-state index < -0.39 is 5.91 Å². The maximum absolute atomic E-state index is 13.0. The van der Waals surface area contributed by atoms with Gasteiger partial charge in [-0.1, -0.05) is 30.3 Å². The number of benzene rings is 2. The summed E-state index contributed by atoms with van der Waals surface area (Å²) >= 11 is 0. The zero-order chi connectivity index (χ0) is 18.7. The molecule has 1 amide bonds. The summed E-state index contributed by atoms with van der Waals surface area (Å²) < 4.78 is 6.99. The minimum Gasteiger partial charge on any atom is -0.492 e. The maximum Gasteiger partial charge on any atom is 0.282 e. The van der Waals surface area contributed by atoms with E-state index in [-0.39, 0.29) is 17.1 Å². The van der Waals surface area contributed by atoms with E-state index >= 15 is 0 Å². The Labute approximate surface area is 149 Å². The molecular formula is C19H18N4O3. The van der Waals surface area contributed by atoms with Crippen LogP contribution in [0.3, 0.4) is 0 Å². The van der Waals surface area contributed by atoms with Crippen LogP contribution < -0.4 is 21.8 Å². The van der Waals surface area contributed by atoms with Crippen LogP contribution in [0, 0.1) is 0 Å². The Bertz CT molecular complexity index is 1070. The molecule has 0 fully saturated rings. The summed E-state index contributed by atoms with van der Waals surface area (Å²) in [6, 6.07) is 13.9. The van der Waals surface area contributed by atoms with Crippen LogP contribution in [0.4, 0.5) is 0 Å². The van der Waals surface area contributed by atoms with E-state index in [1.54, 1.807) is 42.5 Å². The zero-order valence-corrected chi connectivity index (χ0v) is 14.2. The molecule has 0 aliphatic heterocycles. The van der Waals surface area contributed by atoms with Gasteiger partial charge in [-0.2, -0.15) is 4.99 Å². The topological polar surface area (TPSA) is 113 Å². The highest BCUT2D eigenvalue weighted by Gasteiger charge is 2.17. The number of fused-ring (bicyclic) bond motifs is 1. The molecular weight excluding hydrogens is 332 g/mol. The van der Waals surface area contributed by atoms with Gasteiger partial charge in [0.2, 0.25) is 0 Å². The number of nitrogens with two attached hydrogens (primary N) is 2. The number of aliphatic imine (C=N–C) groups is 1. The van der Waals surface area contributed by atoms with Crippen LogP contribution in [-0.2, 0) is 0 Å². The van der Waals surface area contributed by atoms with Crippen LogP contribution in [0.15, 0.2) is 64.5 Å². The van der Waals surface area contributed by atoms with Crippen LogP contribution in [0.5, 0.6) is 5.75 Å². The molecule has 132 valence electrons. The Morgan fingerprint density at radius 3 is 2.42 bits per heavy atom. The predicted octanol–water partition coefficient (Wildman–Crippen LogP) is 1.80. The average Bonchev–Trinajstić information content (AvgIpc) is 2.62. The van der Waals surface area contributed by atoms with Gasteiger partial charge < -0.3 is 16.2 Å². The monoisotopic (exact) mass is 350 g/mol. The van der Waals surface area contributed by atoms with Gasteiger partial charge in [-0.25, -0.2) is 0 Å². The number of hydrogen-bond donors (Lipinski definition) is 2. The van der Waals surface area contributed by atoms with Crippen LogP contribution in [0.1, 0.15) is 17.3 Å². The molecule has 26 heavy (non-hydrogen) atoms. The van der Waals surface area contributed by atoms with Gasteiger partial charge in [-0.05, 0) is 25.1 Å². The van der Waals surface area contributed by atoms with Gasteiger partial charge >= 0.3 is 0 Å². The molecule has 0 atom stereocenters. The summed E-state index contributed by atoms with van der Waals surface area (Å²) in [5.74, 6) is -0.428. The van der Waals surface area contributed by atoms with E-state index in [1.165, 1.54) is 10.8 Å². The van der Waals surface area contributed by atoms with Crippen LogP contribution >= 0.6 is 0 Å². The summed E-state index contributed by atoms with van der Waals surface area (Å²) in [6.07, 6.45) is 1.44. The first-order chi connectivity index (χ1) is 12.5.